The molecular formula is C12H17N7S. The second-order valence-electron chi connectivity index (χ2n) is 5.26. The van der Waals surface area contributed by atoms with Crippen LogP contribution in [0.1, 0.15) is 30.5 Å². The van der Waals surface area contributed by atoms with Gasteiger partial charge in [0.05, 0.1) is 0 Å². The topological polar surface area (TPSA) is 73.8 Å². The first-order chi connectivity index (χ1) is 9.63. The minimum absolute atomic E-state index is 0.547. The van der Waals surface area contributed by atoms with Crippen LogP contribution in [0.3, 0.4) is 0 Å². The molecule has 3 aromatic heterocycles. The molecule has 0 atom stereocenters. The summed E-state index contributed by atoms with van der Waals surface area (Å²) < 4.78 is 3.81. The molecule has 3 aromatic rings. The Balaban J connectivity index is 1.76. The van der Waals surface area contributed by atoms with Gasteiger partial charge in [0.1, 0.15) is 17.2 Å². The normalized spacial score (nSPS) is 11.8. The predicted octanol–water partition coefficient (Wildman–Crippen LogP) is 1.30. The minimum Gasteiger partial charge on any atom is -0.321 e. The number of aryl methyl sites for hydroxylation is 3. The average molecular weight is 291 g/mol. The zero-order chi connectivity index (χ0) is 14.1. The third-order valence-electron chi connectivity index (χ3n) is 3.06. The zero-order valence-corrected chi connectivity index (χ0v) is 12.6. The van der Waals surface area contributed by atoms with E-state index in [1.807, 2.05) is 16.1 Å². The van der Waals surface area contributed by atoms with Crippen molar-refractivity contribution in [1.29, 1.82) is 0 Å². The molecule has 20 heavy (non-hydrogen) atoms. The lowest BCUT2D eigenvalue weighted by Crippen LogP contribution is -2.03. The fourth-order valence-electron chi connectivity index (χ4n) is 2.04. The molecule has 0 radical (unpaired) electrons. The number of hydrogen-bond acceptors (Lipinski definition) is 6. The van der Waals surface area contributed by atoms with Gasteiger partial charge < -0.3 is 4.57 Å². The van der Waals surface area contributed by atoms with Gasteiger partial charge in [0, 0.05) is 26.3 Å². The van der Waals surface area contributed by atoms with Crippen molar-refractivity contribution in [1.82, 2.24) is 34.6 Å². The highest BCUT2D eigenvalue weighted by atomic mass is 32.1. The highest BCUT2D eigenvalue weighted by molar-refractivity contribution is 7.16. The van der Waals surface area contributed by atoms with Gasteiger partial charge in [-0.3, -0.25) is 0 Å². The summed E-state index contributed by atoms with van der Waals surface area (Å²) in [6, 6.07) is 0. The van der Waals surface area contributed by atoms with Gasteiger partial charge in [-0.25, -0.2) is 0 Å². The summed E-state index contributed by atoms with van der Waals surface area (Å²) in [6.07, 6.45) is 4.30. The second kappa shape index (κ2) is 5.28. The third kappa shape index (κ3) is 2.55. The summed E-state index contributed by atoms with van der Waals surface area (Å²) in [5.41, 5.74) is 0. The van der Waals surface area contributed by atoms with Crippen molar-refractivity contribution in [3.05, 3.63) is 23.0 Å². The van der Waals surface area contributed by atoms with Crippen LogP contribution >= 0.6 is 11.3 Å². The first-order valence-corrected chi connectivity index (χ1v) is 7.48. The van der Waals surface area contributed by atoms with E-state index in [-0.39, 0.29) is 0 Å². The van der Waals surface area contributed by atoms with E-state index in [1.54, 1.807) is 17.7 Å². The lowest BCUT2D eigenvalue weighted by atomic mass is 10.1. The molecule has 0 fully saturated rings. The summed E-state index contributed by atoms with van der Waals surface area (Å²) in [6.45, 7) is 4.34. The quantitative estimate of drug-likeness (QED) is 0.708. The first kappa shape index (κ1) is 13.2. The maximum absolute atomic E-state index is 4.61. The van der Waals surface area contributed by atoms with Gasteiger partial charge in [-0.15, -0.1) is 20.4 Å². The molecule has 0 aliphatic rings. The Morgan fingerprint density at radius 1 is 1.15 bits per heavy atom. The van der Waals surface area contributed by atoms with Gasteiger partial charge in [-0.05, 0) is 5.92 Å². The van der Waals surface area contributed by atoms with Crippen LogP contribution in [-0.2, 0) is 26.3 Å². The van der Waals surface area contributed by atoms with E-state index in [2.05, 4.69) is 39.3 Å². The molecule has 0 aliphatic carbocycles. The summed E-state index contributed by atoms with van der Waals surface area (Å²) in [7, 11) is 1.95. The average Bonchev–Trinajstić information content (AvgIpc) is 3.04. The molecule has 8 heteroatoms. The van der Waals surface area contributed by atoms with Crippen molar-refractivity contribution in [2.24, 2.45) is 13.0 Å². The van der Waals surface area contributed by atoms with E-state index >= 15 is 0 Å². The molecule has 0 saturated heterocycles. The lowest BCUT2D eigenvalue weighted by Gasteiger charge is -1.99. The molecule has 0 spiro atoms. The molecule has 0 saturated carbocycles. The molecule has 7 nitrogen and oxygen atoms in total. The smallest absolute Gasteiger partial charge is 0.234 e. The molecule has 0 bridgehead atoms. The van der Waals surface area contributed by atoms with E-state index in [9.17, 15) is 0 Å². The predicted molar refractivity (Wildman–Crippen MR) is 75.6 cm³/mol. The molecular weight excluding hydrogens is 274 g/mol. The molecule has 3 heterocycles. The van der Waals surface area contributed by atoms with Crippen LogP contribution in [0.25, 0.3) is 4.96 Å². The number of rotatable bonds is 5. The highest BCUT2D eigenvalue weighted by Crippen LogP contribution is 2.17. The van der Waals surface area contributed by atoms with Crippen LogP contribution in [0.15, 0.2) is 6.33 Å². The summed E-state index contributed by atoms with van der Waals surface area (Å²) in [5, 5.41) is 22.0. The molecule has 3 rings (SSSR count). The van der Waals surface area contributed by atoms with E-state index in [4.69, 9.17) is 0 Å². The fraction of sp³-hybridized carbons (Fsp3) is 0.583. The van der Waals surface area contributed by atoms with Gasteiger partial charge in [0.15, 0.2) is 5.82 Å². The van der Waals surface area contributed by atoms with Crippen LogP contribution < -0.4 is 0 Å². The Kier molecular flexibility index (Phi) is 3.47. The van der Waals surface area contributed by atoms with Gasteiger partial charge in [-0.2, -0.15) is 9.61 Å². The highest BCUT2D eigenvalue weighted by Gasteiger charge is 2.13. The van der Waals surface area contributed by atoms with E-state index in [1.165, 1.54) is 0 Å². The van der Waals surface area contributed by atoms with Gasteiger partial charge in [0.2, 0.25) is 4.96 Å². The Bertz CT molecular complexity index is 708. The van der Waals surface area contributed by atoms with Gasteiger partial charge in [-0.1, -0.05) is 25.2 Å². The Hall–Kier alpha value is -1.83. The molecule has 0 unspecified atom stereocenters. The van der Waals surface area contributed by atoms with Crippen LogP contribution in [0.5, 0.6) is 0 Å². The summed E-state index contributed by atoms with van der Waals surface area (Å²) in [4.78, 5) is 0.869. The molecule has 106 valence electrons. The van der Waals surface area contributed by atoms with Gasteiger partial charge >= 0.3 is 0 Å². The lowest BCUT2D eigenvalue weighted by molar-refractivity contribution is 0.605. The summed E-state index contributed by atoms with van der Waals surface area (Å²) in [5.74, 6) is 2.46. The summed E-state index contributed by atoms with van der Waals surface area (Å²) >= 11 is 1.59. The standard InChI is InChI=1S/C12H17N7S/c1-8(2)6-10-15-16-12-19(10)17-11(20-12)5-4-9-14-13-7-18(9)3/h7-8H,4-6H2,1-3H3. The molecule has 0 aromatic carbocycles. The van der Waals surface area contributed by atoms with Crippen molar-refractivity contribution < 1.29 is 0 Å². The SMILES string of the molecule is CC(C)Cc1nnc2sc(CCc3nncn3C)nn12. The van der Waals surface area contributed by atoms with Crippen LogP contribution in [0.4, 0.5) is 0 Å². The maximum Gasteiger partial charge on any atom is 0.234 e. The van der Waals surface area contributed by atoms with E-state index in [0.29, 0.717) is 5.92 Å². The number of hydrogen-bond donors (Lipinski definition) is 0. The van der Waals surface area contributed by atoms with Crippen molar-refractivity contribution in [3.8, 4) is 0 Å². The van der Waals surface area contributed by atoms with Crippen molar-refractivity contribution >= 4 is 16.3 Å². The Labute approximate surface area is 120 Å². The van der Waals surface area contributed by atoms with Crippen molar-refractivity contribution in [3.63, 3.8) is 0 Å². The largest absolute Gasteiger partial charge is 0.321 e. The molecule has 0 N–H and O–H groups in total. The molecule has 0 aliphatic heterocycles. The van der Waals surface area contributed by atoms with Crippen molar-refractivity contribution in [2.45, 2.75) is 33.1 Å². The van der Waals surface area contributed by atoms with Crippen LogP contribution in [0, 0.1) is 5.92 Å². The minimum atomic E-state index is 0.547. The number of nitrogens with zero attached hydrogens (tertiary/aromatic N) is 7. The van der Waals surface area contributed by atoms with E-state index < -0.39 is 0 Å². The number of fused-ring (bicyclic) bond motifs is 1. The monoisotopic (exact) mass is 291 g/mol. The Morgan fingerprint density at radius 2 is 2.00 bits per heavy atom. The van der Waals surface area contributed by atoms with Crippen molar-refractivity contribution in [2.75, 3.05) is 0 Å². The van der Waals surface area contributed by atoms with Crippen LogP contribution in [0.2, 0.25) is 0 Å². The van der Waals surface area contributed by atoms with Crippen LogP contribution in [-0.4, -0.2) is 34.6 Å². The molecule has 0 amide bonds. The van der Waals surface area contributed by atoms with Gasteiger partial charge in [0.25, 0.3) is 0 Å². The number of aromatic nitrogens is 7. The second-order valence-corrected chi connectivity index (χ2v) is 6.30. The first-order valence-electron chi connectivity index (χ1n) is 6.66. The Morgan fingerprint density at radius 3 is 2.70 bits per heavy atom. The third-order valence-corrected chi connectivity index (χ3v) is 4.01. The van der Waals surface area contributed by atoms with E-state index in [0.717, 1.165) is 40.9 Å². The maximum atomic E-state index is 4.61. The fourth-order valence-corrected chi connectivity index (χ4v) is 2.89. The zero-order valence-electron chi connectivity index (χ0n) is 11.8.